The number of aromatic nitrogens is 1. The van der Waals surface area contributed by atoms with Gasteiger partial charge in [-0.25, -0.2) is 0 Å². The first-order chi connectivity index (χ1) is 14.2. The SMILES string of the molecule is Cc1cc(CSc2ccccc2C(=O)Nc2ccc(N3CCCCC3)cc2)on1. The number of piperidine rings is 1. The van der Waals surface area contributed by atoms with Crippen LogP contribution in [-0.2, 0) is 5.75 Å². The second-order valence-electron chi connectivity index (χ2n) is 7.27. The lowest BCUT2D eigenvalue weighted by Crippen LogP contribution is -2.29. The predicted octanol–water partition coefficient (Wildman–Crippen LogP) is 5.52. The van der Waals surface area contributed by atoms with Crippen LogP contribution in [0.5, 0.6) is 0 Å². The Labute approximate surface area is 175 Å². The lowest BCUT2D eigenvalue weighted by Gasteiger charge is -2.28. The van der Waals surface area contributed by atoms with E-state index in [0.717, 1.165) is 35.1 Å². The molecule has 1 aliphatic rings. The first-order valence-electron chi connectivity index (χ1n) is 9.99. The molecule has 0 aliphatic carbocycles. The second-order valence-corrected chi connectivity index (χ2v) is 8.29. The van der Waals surface area contributed by atoms with Gasteiger partial charge in [0, 0.05) is 35.4 Å². The molecule has 0 unspecified atom stereocenters. The average molecular weight is 408 g/mol. The molecule has 5 nitrogen and oxygen atoms in total. The van der Waals surface area contributed by atoms with E-state index in [1.54, 1.807) is 11.8 Å². The number of aryl methyl sites for hydroxylation is 1. The minimum Gasteiger partial charge on any atom is -0.372 e. The minimum atomic E-state index is -0.104. The largest absolute Gasteiger partial charge is 0.372 e. The number of amides is 1. The zero-order valence-electron chi connectivity index (χ0n) is 16.6. The number of anilines is 2. The number of hydrogen-bond donors (Lipinski definition) is 1. The van der Waals surface area contributed by atoms with Gasteiger partial charge in [0.2, 0.25) is 0 Å². The van der Waals surface area contributed by atoms with E-state index in [4.69, 9.17) is 4.52 Å². The van der Waals surface area contributed by atoms with Crippen LogP contribution >= 0.6 is 11.8 Å². The van der Waals surface area contributed by atoms with Crippen molar-refractivity contribution in [2.24, 2.45) is 0 Å². The van der Waals surface area contributed by atoms with Gasteiger partial charge >= 0.3 is 0 Å². The smallest absolute Gasteiger partial charge is 0.256 e. The maximum absolute atomic E-state index is 12.9. The summed E-state index contributed by atoms with van der Waals surface area (Å²) in [6.45, 7) is 4.12. The lowest BCUT2D eigenvalue weighted by molar-refractivity contribution is 0.102. The molecule has 3 aromatic rings. The summed E-state index contributed by atoms with van der Waals surface area (Å²) in [4.78, 5) is 16.2. The molecule has 29 heavy (non-hydrogen) atoms. The number of hydrogen-bond acceptors (Lipinski definition) is 5. The van der Waals surface area contributed by atoms with E-state index in [-0.39, 0.29) is 5.91 Å². The molecule has 6 heteroatoms. The molecule has 0 spiro atoms. The van der Waals surface area contributed by atoms with Crippen molar-refractivity contribution in [2.45, 2.75) is 36.8 Å². The highest BCUT2D eigenvalue weighted by Gasteiger charge is 2.14. The van der Waals surface area contributed by atoms with E-state index in [9.17, 15) is 4.79 Å². The average Bonchev–Trinajstić information content (AvgIpc) is 3.19. The lowest BCUT2D eigenvalue weighted by atomic mass is 10.1. The molecule has 0 atom stereocenters. The van der Waals surface area contributed by atoms with Crippen molar-refractivity contribution >= 4 is 29.0 Å². The molecule has 0 saturated carbocycles. The molecule has 0 bridgehead atoms. The zero-order chi connectivity index (χ0) is 20.1. The van der Waals surface area contributed by atoms with Crippen LogP contribution in [0.1, 0.15) is 41.1 Å². The van der Waals surface area contributed by atoms with Crippen LogP contribution in [0.3, 0.4) is 0 Å². The van der Waals surface area contributed by atoms with E-state index >= 15 is 0 Å². The molecule has 1 N–H and O–H groups in total. The molecule has 2 aromatic carbocycles. The maximum Gasteiger partial charge on any atom is 0.256 e. The Balaban J connectivity index is 1.41. The van der Waals surface area contributed by atoms with Gasteiger partial charge in [-0.05, 0) is 62.6 Å². The molecule has 1 aliphatic heterocycles. The van der Waals surface area contributed by atoms with E-state index in [1.165, 1.54) is 24.9 Å². The number of benzene rings is 2. The van der Waals surface area contributed by atoms with Crippen LogP contribution in [-0.4, -0.2) is 24.2 Å². The summed E-state index contributed by atoms with van der Waals surface area (Å²) in [7, 11) is 0. The fourth-order valence-electron chi connectivity index (χ4n) is 3.52. The Bertz CT molecular complexity index is 962. The molecule has 4 rings (SSSR count). The fraction of sp³-hybridized carbons (Fsp3) is 0.304. The van der Waals surface area contributed by atoms with Gasteiger partial charge in [-0.3, -0.25) is 4.79 Å². The third-order valence-electron chi connectivity index (χ3n) is 5.02. The Morgan fingerprint density at radius 1 is 1.10 bits per heavy atom. The quantitative estimate of drug-likeness (QED) is 0.545. The number of nitrogens with one attached hydrogen (secondary N) is 1. The number of carbonyl (C=O) groups is 1. The van der Waals surface area contributed by atoms with Crippen molar-refractivity contribution < 1.29 is 9.32 Å². The molecular weight excluding hydrogens is 382 g/mol. The zero-order valence-corrected chi connectivity index (χ0v) is 17.4. The summed E-state index contributed by atoms with van der Waals surface area (Å²) in [5.41, 5.74) is 3.55. The van der Waals surface area contributed by atoms with Gasteiger partial charge in [0.15, 0.2) is 0 Å². The van der Waals surface area contributed by atoms with E-state index in [2.05, 4.69) is 27.5 Å². The number of nitrogens with zero attached hydrogens (tertiary/aromatic N) is 2. The summed E-state index contributed by atoms with van der Waals surface area (Å²) in [6, 6.07) is 17.7. The third-order valence-corrected chi connectivity index (χ3v) is 6.12. The maximum atomic E-state index is 12.9. The Hall–Kier alpha value is -2.73. The van der Waals surface area contributed by atoms with Crippen LogP contribution < -0.4 is 10.2 Å². The molecule has 1 fully saturated rings. The Morgan fingerprint density at radius 3 is 2.59 bits per heavy atom. The van der Waals surface area contributed by atoms with Crippen LogP contribution in [0.2, 0.25) is 0 Å². The van der Waals surface area contributed by atoms with E-state index in [0.29, 0.717) is 11.3 Å². The summed E-state index contributed by atoms with van der Waals surface area (Å²) in [5.74, 6) is 1.33. The van der Waals surface area contributed by atoms with Crippen LogP contribution in [0.25, 0.3) is 0 Å². The molecule has 150 valence electrons. The molecule has 1 aromatic heterocycles. The number of thioether (sulfide) groups is 1. The third kappa shape index (κ3) is 5.01. The van der Waals surface area contributed by atoms with Gasteiger partial charge in [-0.2, -0.15) is 0 Å². The monoisotopic (exact) mass is 407 g/mol. The van der Waals surface area contributed by atoms with Gasteiger partial charge in [0.25, 0.3) is 5.91 Å². The molecular formula is C23H25N3O2S. The first kappa shape index (κ1) is 19.6. The second kappa shape index (κ2) is 9.18. The normalized spacial score (nSPS) is 14.0. The van der Waals surface area contributed by atoms with Gasteiger partial charge in [0.05, 0.1) is 17.0 Å². The molecule has 1 saturated heterocycles. The van der Waals surface area contributed by atoms with E-state index < -0.39 is 0 Å². The summed E-state index contributed by atoms with van der Waals surface area (Å²) < 4.78 is 5.27. The highest BCUT2D eigenvalue weighted by atomic mass is 32.2. The summed E-state index contributed by atoms with van der Waals surface area (Å²) in [5, 5.41) is 6.94. The molecule has 1 amide bonds. The van der Waals surface area contributed by atoms with Gasteiger partial charge < -0.3 is 14.7 Å². The first-order valence-corrected chi connectivity index (χ1v) is 11.0. The van der Waals surface area contributed by atoms with Crippen LogP contribution in [0.4, 0.5) is 11.4 Å². The van der Waals surface area contributed by atoms with Crippen LogP contribution in [0.15, 0.2) is 64.0 Å². The highest BCUT2D eigenvalue weighted by Crippen LogP contribution is 2.28. The van der Waals surface area contributed by atoms with E-state index in [1.807, 2.05) is 49.4 Å². The summed E-state index contributed by atoms with van der Waals surface area (Å²) in [6.07, 6.45) is 3.82. The van der Waals surface area contributed by atoms with Gasteiger partial charge in [-0.1, -0.05) is 17.3 Å². The topological polar surface area (TPSA) is 58.4 Å². The Kier molecular flexibility index (Phi) is 6.20. The summed E-state index contributed by atoms with van der Waals surface area (Å²) >= 11 is 1.57. The van der Waals surface area contributed by atoms with Crippen molar-refractivity contribution in [1.29, 1.82) is 0 Å². The highest BCUT2D eigenvalue weighted by molar-refractivity contribution is 7.98. The molecule has 2 heterocycles. The van der Waals surface area contributed by atoms with Crippen molar-refractivity contribution in [2.75, 3.05) is 23.3 Å². The number of carbonyl (C=O) groups excluding carboxylic acids is 1. The van der Waals surface area contributed by atoms with Gasteiger partial charge in [-0.15, -0.1) is 11.8 Å². The Morgan fingerprint density at radius 2 is 1.86 bits per heavy atom. The standard InChI is InChI=1S/C23H25N3O2S/c1-17-15-20(28-25-17)16-29-22-8-4-3-7-21(22)23(27)24-18-9-11-19(12-10-18)26-13-5-2-6-14-26/h3-4,7-12,15H,2,5-6,13-14,16H2,1H3,(H,24,27). The predicted molar refractivity (Wildman–Crippen MR) is 118 cm³/mol. The number of rotatable bonds is 6. The van der Waals surface area contributed by atoms with Crippen molar-refractivity contribution in [3.8, 4) is 0 Å². The molecule has 0 radical (unpaired) electrons. The van der Waals surface area contributed by atoms with Crippen molar-refractivity contribution in [3.05, 3.63) is 71.6 Å². The minimum absolute atomic E-state index is 0.104. The fourth-order valence-corrected chi connectivity index (χ4v) is 4.44. The van der Waals surface area contributed by atoms with Gasteiger partial charge in [0.1, 0.15) is 5.76 Å². The van der Waals surface area contributed by atoms with Crippen molar-refractivity contribution in [1.82, 2.24) is 5.16 Å². The van der Waals surface area contributed by atoms with Crippen LogP contribution in [0, 0.1) is 6.92 Å². The van der Waals surface area contributed by atoms with Crippen molar-refractivity contribution in [3.63, 3.8) is 0 Å².